The van der Waals surface area contributed by atoms with E-state index < -0.39 is 0 Å². The number of aryl methyl sites for hydroxylation is 1. The number of thiophene rings is 1. The molecule has 0 unspecified atom stereocenters. The average molecular weight is 255 g/mol. The molecule has 0 aliphatic heterocycles. The van der Waals surface area contributed by atoms with Crippen molar-refractivity contribution in [3.8, 4) is 11.3 Å². The smallest absolute Gasteiger partial charge is 0.221 e. The lowest BCUT2D eigenvalue weighted by Crippen LogP contribution is -1.98. The molecule has 4 heteroatoms. The Balaban J connectivity index is 2.37. The number of aromatic nitrogens is 2. The molecule has 0 bridgehead atoms. The second-order valence-corrected chi connectivity index (χ2v) is 5.21. The van der Waals surface area contributed by atoms with Crippen LogP contribution in [0.4, 0.5) is 5.95 Å². The summed E-state index contributed by atoms with van der Waals surface area (Å²) in [6.07, 6.45) is 0. The van der Waals surface area contributed by atoms with Crippen molar-refractivity contribution in [1.29, 1.82) is 0 Å². The van der Waals surface area contributed by atoms with Crippen LogP contribution in [0.15, 0.2) is 29.6 Å². The van der Waals surface area contributed by atoms with E-state index in [0.29, 0.717) is 5.95 Å². The zero-order valence-corrected chi connectivity index (χ0v) is 11.1. The van der Waals surface area contributed by atoms with Gasteiger partial charge in [0.2, 0.25) is 5.95 Å². The van der Waals surface area contributed by atoms with Gasteiger partial charge in [-0.1, -0.05) is 18.2 Å². The van der Waals surface area contributed by atoms with Crippen molar-refractivity contribution in [2.24, 2.45) is 0 Å². The second kappa shape index (κ2) is 4.07. The van der Waals surface area contributed by atoms with Gasteiger partial charge < -0.3 is 5.73 Å². The first-order valence-corrected chi connectivity index (χ1v) is 6.62. The van der Waals surface area contributed by atoms with Crippen molar-refractivity contribution in [2.45, 2.75) is 13.8 Å². The number of hydrogen-bond acceptors (Lipinski definition) is 4. The lowest BCUT2D eigenvalue weighted by molar-refractivity contribution is 1.24. The molecule has 1 aromatic carbocycles. The first kappa shape index (κ1) is 11.2. The molecule has 3 rings (SSSR count). The van der Waals surface area contributed by atoms with Crippen LogP contribution >= 0.6 is 11.3 Å². The molecular formula is C14H13N3S. The van der Waals surface area contributed by atoms with Crippen LogP contribution in [-0.2, 0) is 0 Å². The molecule has 0 saturated carbocycles. The summed E-state index contributed by atoms with van der Waals surface area (Å²) >= 11 is 1.59. The minimum absolute atomic E-state index is 0.334. The summed E-state index contributed by atoms with van der Waals surface area (Å²) in [7, 11) is 0. The van der Waals surface area contributed by atoms with E-state index in [0.717, 1.165) is 21.5 Å². The van der Waals surface area contributed by atoms with Gasteiger partial charge in [-0.3, -0.25) is 0 Å². The van der Waals surface area contributed by atoms with Crippen molar-refractivity contribution >= 4 is 27.5 Å². The number of nitrogens with two attached hydrogens (primary N) is 1. The predicted molar refractivity (Wildman–Crippen MR) is 76.7 cm³/mol. The molecular weight excluding hydrogens is 242 g/mol. The fraction of sp³-hybridized carbons (Fsp3) is 0.143. The molecule has 2 N–H and O–H groups in total. The Hall–Kier alpha value is -1.94. The van der Waals surface area contributed by atoms with E-state index in [2.05, 4.69) is 42.0 Å². The van der Waals surface area contributed by atoms with Crippen LogP contribution in [0.1, 0.15) is 11.1 Å². The van der Waals surface area contributed by atoms with E-state index in [4.69, 9.17) is 5.73 Å². The third kappa shape index (κ3) is 1.66. The van der Waals surface area contributed by atoms with Gasteiger partial charge in [-0.25, -0.2) is 9.97 Å². The van der Waals surface area contributed by atoms with Crippen LogP contribution in [0, 0.1) is 13.8 Å². The summed E-state index contributed by atoms with van der Waals surface area (Å²) in [6.45, 7) is 4.22. The molecule has 0 aliphatic rings. The van der Waals surface area contributed by atoms with E-state index >= 15 is 0 Å². The first-order chi connectivity index (χ1) is 8.66. The second-order valence-electron chi connectivity index (χ2n) is 4.32. The van der Waals surface area contributed by atoms with Gasteiger partial charge in [-0.2, -0.15) is 0 Å². The molecule has 3 nitrogen and oxygen atoms in total. The average Bonchev–Trinajstić information content (AvgIpc) is 2.79. The van der Waals surface area contributed by atoms with Crippen LogP contribution in [0.3, 0.4) is 0 Å². The van der Waals surface area contributed by atoms with Crippen molar-refractivity contribution in [2.75, 3.05) is 5.73 Å². The molecule has 0 atom stereocenters. The zero-order chi connectivity index (χ0) is 12.7. The number of benzene rings is 1. The minimum atomic E-state index is 0.334. The summed E-state index contributed by atoms with van der Waals surface area (Å²) < 4.78 is 0. The molecule has 18 heavy (non-hydrogen) atoms. The normalized spacial score (nSPS) is 11.0. The molecule has 90 valence electrons. The third-order valence-corrected chi connectivity index (χ3v) is 4.01. The molecule has 0 saturated heterocycles. The van der Waals surface area contributed by atoms with Crippen molar-refractivity contribution in [3.05, 3.63) is 40.8 Å². The summed E-state index contributed by atoms with van der Waals surface area (Å²) in [5.74, 6) is 0.334. The molecule has 2 heterocycles. The maximum absolute atomic E-state index is 5.79. The highest BCUT2D eigenvalue weighted by molar-refractivity contribution is 7.16. The highest BCUT2D eigenvalue weighted by Crippen LogP contribution is 2.32. The summed E-state index contributed by atoms with van der Waals surface area (Å²) in [5.41, 5.74) is 10.4. The van der Waals surface area contributed by atoms with E-state index in [1.54, 1.807) is 11.3 Å². The zero-order valence-electron chi connectivity index (χ0n) is 10.3. The van der Waals surface area contributed by atoms with Crippen molar-refractivity contribution < 1.29 is 0 Å². The predicted octanol–water partition coefficient (Wildman–Crippen LogP) is 3.56. The van der Waals surface area contributed by atoms with Gasteiger partial charge in [0, 0.05) is 10.9 Å². The largest absolute Gasteiger partial charge is 0.368 e. The standard InChI is InChI=1S/C14H13N3S/c1-8-4-3-5-10(9(8)2)12-11-6-7-18-13(11)17-14(15)16-12/h3-7H,1-2H3,(H2,15,16,17). The number of nitrogens with zero attached hydrogens (tertiary/aromatic N) is 2. The third-order valence-electron chi connectivity index (χ3n) is 3.20. The Labute approximate surface area is 109 Å². The monoisotopic (exact) mass is 255 g/mol. The van der Waals surface area contributed by atoms with E-state index in [1.807, 2.05) is 11.4 Å². The molecule has 0 spiro atoms. The lowest BCUT2D eigenvalue weighted by atomic mass is 9.99. The topological polar surface area (TPSA) is 51.8 Å². The van der Waals surface area contributed by atoms with Crippen LogP contribution in [0.5, 0.6) is 0 Å². The highest BCUT2D eigenvalue weighted by Gasteiger charge is 2.12. The number of rotatable bonds is 1. The highest BCUT2D eigenvalue weighted by atomic mass is 32.1. The van der Waals surface area contributed by atoms with E-state index in [-0.39, 0.29) is 0 Å². The van der Waals surface area contributed by atoms with Gasteiger partial charge in [-0.05, 0) is 36.4 Å². The van der Waals surface area contributed by atoms with Crippen LogP contribution in [-0.4, -0.2) is 9.97 Å². The van der Waals surface area contributed by atoms with Gasteiger partial charge >= 0.3 is 0 Å². The van der Waals surface area contributed by atoms with Gasteiger partial charge in [-0.15, -0.1) is 11.3 Å². The fourth-order valence-corrected chi connectivity index (χ4v) is 2.86. The fourth-order valence-electron chi connectivity index (χ4n) is 2.08. The summed E-state index contributed by atoms with van der Waals surface area (Å²) in [6, 6.07) is 8.29. The minimum Gasteiger partial charge on any atom is -0.368 e. The van der Waals surface area contributed by atoms with Gasteiger partial charge in [0.15, 0.2) is 0 Å². The lowest BCUT2D eigenvalue weighted by Gasteiger charge is -2.09. The number of nitrogen functional groups attached to an aromatic ring is 1. The molecule has 0 fully saturated rings. The first-order valence-electron chi connectivity index (χ1n) is 5.74. The van der Waals surface area contributed by atoms with E-state index in [9.17, 15) is 0 Å². The Morgan fingerprint density at radius 2 is 1.94 bits per heavy atom. The summed E-state index contributed by atoms with van der Waals surface area (Å²) in [5, 5.41) is 3.09. The van der Waals surface area contributed by atoms with Crippen molar-refractivity contribution in [1.82, 2.24) is 9.97 Å². The number of anilines is 1. The Morgan fingerprint density at radius 3 is 2.78 bits per heavy atom. The SMILES string of the molecule is Cc1cccc(-c2nc(N)nc3sccc23)c1C. The Kier molecular flexibility index (Phi) is 2.52. The van der Waals surface area contributed by atoms with Gasteiger partial charge in [0.25, 0.3) is 0 Å². The van der Waals surface area contributed by atoms with E-state index in [1.165, 1.54) is 11.1 Å². The van der Waals surface area contributed by atoms with Crippen LogP contribution < -0.4 is 5.73 Å². The molecule has 3 aromatic rings. The maximum Gasteiger partial charge on any atom is 0.221 e. The summed E-state index contributed by atoms with van der Waals surface area (Å²) in [4.78, 5) is 9.62. The molecule has 0 amide bonds. The number of fused-ring (bicyclic) bond motifs is 1. The molecule has 0 aliphatic carbocycles. The van der Waals surface area contributed by atoms with Gasteiger partial charge in [0.1, 0.15) is 4.83 Å². The maximum atomic E-state index is 5.79. The van der Waals surface area contributed by atoms with Gasteiger partial charge in [0.05, 0.1) is 5.69 Å². The Morgan fingerprint density at radius 1 is 1.11 bits per heavy atom. The van der Waals surface area contributed by atoms with Crippen LogP contribution in [0.2, 0.25) is 0 Å². The molecule has 0 radical (unpaired) electrons. The molecule has 2 aromatic heterocycles. The quantitative estimate of drug-likeness (QED) is 0.723. The van der Waals surface area contributed by atoms with Crippen LogP contribution in [0.25, 0.3) is 21.5 Å². The van der Waals surface area contributed by atoms with Crippen molar-refractivity contribution in [3.63, 3.8) is 0 Å². The Bertz CT molecular complexity index is 731. The number of hydrogen-bond donors (Lipinski definition) is 1.